The van der Waals surface area contributed by atoms with Gasteiger partial charge in [0.25, 0.3) is 0 Å². The normalized spacial score (nSPS) is 16.6. The predicted octanol–water partition coefficient (Wildman–Crippen LogP) is 3.66. The maximum Gasteiger partial charge on any atom is 0.303 e. The van der Waals surface area contributed by atoms with Gasteiger partial charge in [0.2, 0.25) is 0 Å². The van der Waals surface area contributed by atoms with Crippen molar-refractivity contribution in [2.45, 2.75) is 30.1 Å². The van der Waals surface area contributed by atoms with Crippen LogP contribution in [0.25, 0.3) is 0 Å². The van der Waals surface area contributed by atoms with Gasteiger partial charge in [-0.05, 0) is 42.7 Å². The first-order valence-electron chi connectivity index (χ1n) is 5.77. The number of benzene rings is 1. The number of rotatable bonds is 5. The largest absolute Gasteiger partial charge is 0.481 e. The molecule has 18 heavy (non-hydrogen) atoms. The molecule has 0 aromatic heterocycles. The monoisotopic (exact) mass is 272 g/mol. The highest BCUT2D eigenvalue weighted by atomic mass is 32.2. The van der Waals surface area contributed by atoms with Crippen LogP contribution in [0.4, 0.5) is 8.78 Å². The fourth-order valence-corrected chi connectivity index (χ4v) is 2.68. The Balaban J connectivity index is 2.35. The number of halogens is 2. The molecule has 0 aliphatic heterocycles. The topological polar surface area (TPSA) is 37.3 Å². The second-order valence-electron chi connectivity index (χ2n) is 4.55. The van der Waals surface area contributed by atoms with Crippen molar-refractivity contribution in [3.63, 3.8) is 0 Å². The van der Waals surface area contributed by atoms with Gasteiger partial charge in [-0.2, -0.15) is 0 Å². The Labute approximate surface area is 108 Å². The van der Waals surface area contributed by atoms with Crippen LogP contribution in [0, 0.1) is 17.6 Å². The van der Waals surface area contributed by atoms with Crippen LogP contribution in [-0.2, 0) is 4.79 Å². The Morgan fingerprint density at radius 1 is 1.44 bits per heavy atom. The Morgan fingerprint density at radius 3 is 2.61 bits per heavy atom. The van der Waals surface area contributed by atoms with Gasteiger partial charge in [-0.15, -0.1) is 11.8 Å². The number of aliphatic carboxylic acids is 1. The maximum atomic E-state index is 13.9. The van der Waals surface area contributed by atoms with Crippen molar-refractivity contribution in [3.05, 3.63) is 29.3 Å². The maximum absolute atomic E-state index is 13.9. The number of carboxylic acid groups (broad SMARTS) is 1. The van der Waals surface area contributed by atoms with Gasteiger partial charge in [-0.25, -0.2) is 8.78 Å². The molecule has 1 atom stereocenters. The van der Waals surface area contributed by atoms with Gasteiger partial charge in [-0.3, -0.25) is 4.79 Å². The molecule has 0 bridgehead atoms. The zero-order chi connectivity index (χ0) is 13.3. The van der Waals surface area contributed by atoms with Crippen molar-refractivity contribution in [3.8, 4) is 0 Å². The van der Waals surface area contributed by atoms with Gasteiger partial charge in [0.05, 0.1) is 6.42 Å². The Morgan fingerprint density at radius 2 is 2.11 bits per heavy atom. The molecule has 0 radical (unpaired) electrons. The van der Waals surface area contributed by atoms with Crippen LogP contribution < -0.4 is 0 Å². The summed E-state index contributed by atoms with van der Waals surface area (Å²) in [6.07, 6.45) is 3.32. The zero-order valence-corrected chi connectivity index (χ0v) is 10.8. The zero-order valence-electron chi connectivity index (χ0n) is 9.95. The summed E-state index contributed by atoms with van der Waals surface area (Å²) < 4.78 is 27.6. The summed E-state index contributed by atoms with van der Waals surface area (Å²) in [6.45, 7) is 0. The van der Waals surface area contributed by atoms with Gasteiger partial charge in [0, 0.05) is 10.8 Å². The van der Waals surface area contributed by atoms with E-state index in [0.29, 0.717) is 0 Å². The molecule has 1 aromatic rings. The van der Waals surface area contributed by atoms with Crippen molar-refractivity contribution >= 4 is 17.7 Å². The Bertz CT molecular complexity index is 472. The molecular formula is C13H14F2O2S. The van der Waals surface area contributed by atoms with Crippen LogP contribution in [0.2, 0.25) is 0 Å². The smallest absolute Gasteiger partial charge is 0.303 e. The van der Waals surface area contributed by atoms with Crippen LogP contribution in [0.15, 0.2) is 17.0 Å². The molecule has 1 N–H and O–H groups in total. The average molecular weight is 272 g/mol. The number of hydrogen-bond acceptors (Lipinski definition) is 2. The van der Waals surface area contributed by atoms with Gasteiger partial charge in [0.15, 0.2) is 0 Å². The molecule has 1 fully saturated rings. The SMILES string of the molecule is CSc1cc(F)c(C(CC(=O)O)C2CC2)cc1F. The molecule has 2 rings (SSSR count). The molecule has 1 aliphatic rings. The summed E-state index contributed by atoms with van der Waals surface area (Å²) in [4.78, 5) is 11.1. The Kier molecular flexibility index (Phi) is 3.90. The van der Waals surface area contributed by atoms with E-state index in [-0.39, 0.29) is 22.8 Å². The molecule has 98 valence electrons. The molecule has 1 saturated carbocycles. The van der Waals surface area contributed by atoms with E-state index in [4.69, 9.17) is 5.11 Å². The van der Waals surface area contributed by atoms with Crippen molar-refractivity contribution in [2.24, 2.45) is 5.92 Å². The lowest BCUT2D eigenvalue weighted by molar-refractivity contribution is -0.137. The van der Waals surface area contributed by atoms with Crippen LogP contribution in [0.5, 0.6) is 0 Å². The van der Waals surface area contributed by atoms with E-state index in [1.54, 1.807) is 6.26 Å². The third-order valence-corrected chi connectivity index (χ3v) is 4.01. The van der Waals surface area contributed by atoms with Crippen molar-refractivity contribution in [1.82, 2.24) is 0 Å². The second kappa shape index (κ2) is 5.26. The quantitative estimate of drug-likeness (QED) is 0.831. The van der Waals surface area contributed by atoms with Gasteiger partial charge in [-0.1, -0.05) is 0 Å². The lowest BCUT2D eigenvalue weighted by atomic mass is 9.90. The van der Waals surface area contributed by atoms with Gasteiger partial charge in [0.1, 0.15) is 11.6 Å². The first-order chi connectivity index (χ1) is 8.52. The molecule has 0 heterocycles. The molecular weight excluding hydrogens is 258 g/mol. The van der Waals surface area contributed by atoms with E-state index >= 15 is 0 Å². The van der Waals surface area contributed by atoms with E-state index < -0.39 is 23.5 Å². The van der Waals surface area contributed by atoms with Crippen LogP contribution in [0.3, 0.4) is 0 Å². The molecule has 0 saturated heterocycles. The summed E-state index contributed by atoms with van der Waals surface area (Å²) in [5.41, 5.74) is 0.204. The summed E-state index contributed by atoms with van der Waals surface area (Å²) >= 11 is 1.14. The molecule has 1 unspecified atom stereocenters. The lowest BCUT2D eigenvalue weighted by Crippen LogP contribution is -2.10. The molecule has 2 nitrogen and oxygen atoms in total. The first kappa shape index (κ1) is 13.3. The second-order valence-corrected chi connectivity index (χ2v) is 5.40. The first-order valence-corrected chi connectivity index (χ1v) is 7.00. The molecule has 1 aliphatic carbocycles. The highest BCUT2D eigenvalue weighted by Gasteiger charge is 2.35. The minimum atomic E-state index is -0.972. The number of carboxylic acids is 1. The molecule has 0 spiro atoms. The van der Waals surface area contributed by atoms with Crippen LogP contribution in [-0.4, -0.2) is 17.3 Å². The Hall–Kier alpha value is -1.10. The van der Waals surface area contributed by atoms with E-state index in [0.717, 1.165) is 36.7 Å². The van der Waals surface area contributed by atoms with E-state index in [1.165, 1.54) is 0 Å². The fourth-order valence-electron chi connectivity index (χ4n) is 2.20. The number of hydrogen-bond donors (Lipinski definition) is 1. The molecule has 1 aromatic carbocycles. The lowest BCUT2D eigenvalue weighted by Gasteiger charge is -2.16. The fraction of sp³-hybridized carbons (Fsp3) is 0.462. The highest BCUT2D eigenvalue weighted by Crippen LogP contribution is 2.45. The molecule has 5 heteroatoms. The third kappa shape index (κ3) is 2.83. The standard InChI is InChI=1S/C13H14F2O2S/c1-18-12-6-10(14)9(4-11(12)15)8(5-13(16)17)7-2-3-7/h4,6-8H,2-3,5H2,1H3,(H,16,17). The predicted molar refractivity (Wildman–Crippen MR) is 65.9 cm³/mol. The summed E-state index contributed by atoms with van der Waals surface area (Å²) in [6, 6.07) is 2.32. The summed E-state index contributed by atoms with van der Waals surface area (Å²) in [5, 5.41) is 8.86. The van der Waals surface area contributed by atoms with Crippen molar-refractivity contribution < 1.29 is 18.7 Å². The average Bonchev–Trinajstić information content (AvgIpc) is 3.12. The van der Waals surface area contributed by atoms with Crippen LogP contribution >= 0.6 is 11.8 Å². The summed E-state index contributed by atoms with van der Waals surface area (Å²) in [7, 11) is 0. The van der Waals surface area contributed by atoms with Crippen molar-refractivity contribution in [1.29, 1.82) is 0 Å². The molecule has 0 amide bonds. The van der Waals surface area contributed by atoms with Crippen molar-refractivity contribution in [2.75, 3.05) is 6.26 Å². The van der Waals surface area contributed by atoms with E-state index in [1.807, 2.05) is 0 Å². The van der Waals surface area contributed by atoms with Crippen LogP contribution in [0.1, 0.15) is 30.7 Å². The highest BCUT2D eigenvalue weighted by molar-refractivity contribution is 7.98. The summed E-state index contributed by atoms with van der Waals surface area (Å²) in [5.74, 6) is -2.18. The third-order valence-electron chi connectivity index (χ3n) is 3.26. The van der Waals surface area contributed by atoms with E-state index in [2.05, 4.69) is 0 Å². The number of thioether (sulfide) groups is 1. The number of carbonyl (C=O) groups is 1. The minimum absolute atomic E-state index is 0.139. The van der Waals surface area contributed by atoms with E-state index in [9.17, 15) is 13.6 Å². The van der Waals surface area contributed by atoms with Gasteiger partial charge >= 0.3 is 5.97 Å². The minimum Gasteiger partial charge on any atom is -0.481 e. The van der Waals surface area contributed by atoms with Gasteiger partial charge < -0.3 is 5.11 Å².